The molecule has 0 spiro atoms. The van der Waals surface area contributed by atoms with Gasteiger partial charge in [0.15, 0.2) is 0 Å². The van der Waals surface area contributed by atoms with Gasteiger partial charge < -0.3 is 11.1 Å². The van der Waals surface area contributed by atoms with Gasteiger partial charge in [-0.15, -0.1) is 0 Å². The first-order chi connectivity index (χ1) is 11.5. The Morgan fingerprint density at radius 1 is 1.21 bits per heavy atom. The lowest BCUT2D eigenvalue weighted by atomic mass is 9.96. The van der Waals surface area contributed by atoms with Gasteiger partial charge in [-0.3, -0.25) is 9.59 Å². The van der Waals surface area contributed by atoms with Gasteiger partial charge in [-0.25, -0.2) is 4.39 Å². The molecule has 124 valence electrons. The molecule has 1 aliphatic carbocycles. The summed E-state index contributed by atoms with van der Waals surface area (Å²) in [5.41, 5.74) is 7.95. The summed E-state index contributed by atoms with van der Waals surface area (Å²) >= 11 is 0. The molecule has 3 N–H and O–H groups in total. The van der Waals surface area contributed by atoms with Gasteiger partial charge in [0.25, 0.3) is 5.91 Å². The number of halogens is 1. The summed E-state index contributed by atoms with van der Waals surface area (Å²) in [5, 5.41) is 2.78. The second kappa shape index (κ2) is 6.43. The molecule has 24 heavy (non-hydrogen) atoms. The maximum atomic E-state index is 14.2. The zero-order chi connectivity index (χ0) is 17.3. The van der Waals surface area contributed by atoms with Crippen molar-refractivity contribution in [1.82, 2.24) is 5.32 Å². The van der Waals surface area contributed by atoms with E-state index in [4.69, 9.17) is 5.73 Å². The van der Waals surface area contributed by atoms with Crippen molar-refractivity contribution in [2.24, 2.45) is 11.7 Å². The van der Waals surface area contributed by atoms with Crippen LogP contribution in [0.25, 0.3) is 11.1 Å². The number of nitrogens with one attached hydrogen (secondary N) is 1. The van der Waals surface area contributed by atoms with Gasteiger partial charge in [-0.1, -0.05) is 12.1 Å². The van der Waals surface area contributed by atoms with E-state index in [1.165, 1.54) is 6.07 Å². The zero-order valence-corrected chi connectivity index (χ0v) is 13.4. The highest BCUT2D eigenvalue weighted by atomic mass is 19.1. The van der Waals surface area contributed by atoms with Gasteiger partial charge >= 0.3 is 0 Å². The van der Waals surface area contributed by atoms with Crippen LogP contribution in [0.15, 0.2) is 36.4 Å². The topological polar surface area (TPSA) is 72.2 Å². The third kappa shape index (κ3) is 3.45. The molecular weight excluding hydrogens is 307 g/mol. The van der Waals surface area contributed by atoms with Crippen molar-refractivity contribution in [2.45, 2.75) is 19.8 Å². The van der Waals surface area contributed by atoms with Crippen molar-refractivity contribution < 1.29 is 14.0 Å². The fourth-order valence-corrected chi connectivity index (χ4v) is 2.63. The van der Waals surface area contributed by atoms with Crippen LogP contribution < -0.4 is 11.1 Å². The monoisotopic (exact) mass is 326 g/mol. The molecule has 0 bridgehead atoms. The Morgan fingerprint density at radius 2 is 1.88 bits per heavy atom. The molecule has 0 unspecified atom stereocenters. The summed E-state index contributed by atoms with van der Waals surface area (Å²) in [7, 11) is 0. The number of carbonyl (C=O) groups is 2. The smallest absolute Gasteiger partial charge is 0.254 e. The Kier molecular flexibility index (Phi) is 4.34. The van der Waals surface area contributed by atoms with E-state index in [1.807, 2.05) is 0 Å². The number of carbonyl (C=O) groups excluding carboxylic acids is 2. The van der Waals surface area contributed by atoms with Crippen molar-refractivity contribution in [1.29, 1.82) is 0 Å². The second-order valence-corrected chi connectivity index (χ2v) is 6.24. The number of nitrogens with two attached hydrogens (primary N) is 1. The molecule has 0 saturated heterocycles. The molecule has 1 saturated carbocycles. The largest absolute Gasteiger partial charge is 0.366 e. The normalized spacial score (nSPS) is 13.6. The number of hydrogen-bond acceptors (Lipinski definition) is 2. The molecule has 0 radical (unpaired) electrons. The molecule has 1 aliphatic rings. The number of amides is 2. The molecule has 0 aliphatic heterocycles. The Balaban J connectivity index is 1.90. The van der Waals surface area contributed by atoms with Gasteiger partial charge in [0.2, 0.25) is 5.91 Å². The maximum Gasteiger partial charge on any atom is 0.254 e. The molecule has 0 aromatic heterocycles. The van der Waals surface area contributed by atoms with Crippen LogP contribution in [0.1, 0.15) is 39.1 Å². The number of benzene rings is 2. The molecule has 0 atom stereocenters. The molecule has 4 nitrogen and oxygen atoms in total. The molecule has 1 fully saturated rings. The first-order valence-corrected chi connectivity index (χ1v) is 7.94. The molecule has 2 amide bonds. The second-order valence-electron chi connectivity index (χ2n) is 6.24. The van der Waals surface area contributed by atoms with Crippen molar-refractivity contribution in [3.8, 4) is 11.1 Å². The van der Waals surface area contributed by atoms with Crippen molar-refractivity contribution in [3.63, 3.8) is 0 Å². The summed E-state index contributed by atoms with van der Waals surface area (Å²) in [4.78, 5) is 23.4. The van der Waals surface area contributed by atoms with E-state index >= 15 is 0 Å². The fourth-order valence-electron chi connectivity index (χ4n) is 2.63. The van der Waals surface area contributed by atoms with Crippen LogP contribution in [-0.4, -0.2) is 18.4 Å². The molecular formula is C19H19FN2O2. The van der Waals surface area contributed by atoms with E-state index in [2.05, 4.69) is 5.32 Å². The molecule has 3 rings (SSSR count). The third-order valence-electron chi connectivity index (χ3n) is 4.29. The van der Waals surface area contributed by atoms with Gasteiger partial charge in [0, 0.05) is 12.1 Å². The molecule has 5 heteroatoms. The van der Waals surface area contributed by atoms with Crippen LogP contribution in [0.2, 0.25) is 0 Å². The zero-order valence-electron chi connectivity index (χ0n) is 13.4. The van der Waals surface area contributed by atoms with Gasteiger partial charge in [0.1, 0.15) is 5.82 Å². The number of rotatable bonds is 5. The average molecular weight is 326 g/mol. The SMILES string of the molecule is Cc1cc(F)c(C(=O)NCC2CC2)cc1-c1ccc(C(N)=O)cc1. The van der Waals surface area contributed by atoms with Crippen LogP contribution >= 0.6 is 0 Å². The van der Waals surface area contributed by atoms with Crippen molar-refractivity contribution in [2.75, 3.05) is 6.54 Å². The van der Waals surface area contributed by atoms with E-state index < -0.39 is 17.6 Å². The van der Waals surface area contributed by atoms with Crippen molar-refractivity contribution in [3.05, 3.63) is 58.9 Å². The van der Waals surface area contributed by atoms with Gasteiger partial charge in [-0.2, -0.15) is 0 Å². The first kappa shape index (κ1) is 16.2. The molecule has 0 heterocycles. The lowest BCUT2D eigenvalue weighted by Gasteiger charge is -2.11. The first-order valence-electron chi connectivity index (χ1n) is 7.94. The van der Waals surface area contributed by atoms with Crippen LogP contribution in [0.3, 0.4) is 0 Å². The minimum Gasteiger partial charge on any atom is -0.366 e. The van der Waals surface area contributed by atoms with E-state index in [9.17, 15) is 14.0 Å². The lowest BCUT2D eigenvalue weighted by molar-refractivity contribution is 0.0946. The van der Waals surface area contributed by atoms with E-state index in [1.54, 1.807) is 37.3 Å². The summed E-state index contributed by atoms with van der Waals surface area (Å²) < 4.78 is 14.2. The Bertz CT molecular complexity index is 796. The van der Waals surface area contributed by atoms with Crippen molar-refractivity contribution >= 4 is 11.8 Å². The molecule has 2 aromatic carbocycles. The number of hydrogen-bond donors (Lipinski definition) is 2. The van der Waals surface area contributed by atoms with E-state index in [0.29, 0.717) is 18.0 Å². The summed E-state index contributed by atoms with van der Waals surface area (Å²) in [6.07, 6.45) is 2.24. The summed E-state index contributed by atoms with van der Waals surface area (Å²) in [6.45, 7) is 2.38. The average Bonchev–Trinajstić information content (AvgIpc) is 3.37. The van der Waals surface area contributed by atoms with E-state index in [0.717, 1.165) is 29.5 Å². The third-order valence-corrected chi connectivity index (χ3v) is 4.29. The Labute approximate surface area is 139 Å². The lowest BCUT2D eigenvalue weighted by Crippen LogP contribution is -2.26. The van der Waals surface area contributed by atoms with Crippen LogP contribution in [-0.2, 0) is 0 Å². The highest BCUT2D eigenvalue weighted by molar-refractivity contribution is 5.96. The van der Waals surface area contributed by atoms with Gasteiger partial charge in [-0.05, 0) is 66.6 Å². The Morgan fingerprint density at radius 3 is 2.46 bits per heavy atom. The number of primary amides is 1. The number of aryl methyl sites for hydroxylation is 1. The Hall–Kier alpha value is -2.69. The molecule has 2 aromatic rings. The standard InChI is InChI=1S/C19H19FN2O2/c1-11-8-17(20)16(19(24)22-10-12-2-3-12)9-15(11)13-4-6-14(7-5-13)18(21)23/h4-9,12H,2-3,10H2,1H3,(H2,21,23)(H,22,24). The highest BCUT2D eigenvalue weighted by Gasteiger charge is 2.23. The predicted octanol–water partition coefficient (Wildman–Crippen LogP) is 3.04. The summed E-state index contributed by atoms with van der Waals surface area (Å²) in [5.74, 6) is -0.895. The predicted molar refractivity (Wildman–Crippen MR) is 90.1 cm³/mol. The van der Waals surface area contributed by atoms with Gasteiger partial charge in [0.05, 0.1) is 5.56 Å². The minimum atomic E-state index is -0.529. The minimum absolute atomic E-state index is 0.0372. The van der Waals surface area contributed by atoms with Crippen LogP contribution in [0.5, 0.6) is 0 Å². The summed E-state index contributed by atoms with van der Waals surface area (Å²) in [6, 6.07) is 9.65. The van der Waals surface area contributed by atoms with Crippen LogP contribution in [0, 0.1) is 18.7 Å². The quantitative estimate of drug-likeness (QED) is 0.886. The maximum absolute atomic E-state index is 14.2. The highest BCUT2D eigenvalue weighted by Crippen LogP contribution is 2.29. The van der Waals surface area contributed by atoms with E-state index in [-0.39, 0.29) is 5.56 Å². The fraction of sp³-hybridized carbons (Fsp3) is 0.263. The van der Waals surface area contributed by atoms with Crippen LogP contribution in [0.4, 0.5) is 4.39 Å².